The number of hydrogen-bond donors (Lipinski definition) is 2. The van der Waals surface area contributed by atoms with Gasteiger partial charge in [0.2, 0.25) is 0 Å². The minimum atomic E-state index is 0.236. The summed E-state index contributed by atoms with van der Waals surface area (Å²) in [5.41, 5.74) is 5.78. The van der Waals surface area contributed by atoms with Gasteiger partial charge in [-0.15, -0.1) is 0 Å². The van der Waals surface area contributed by atoms with Crippen molar-refractivity contribution in [3.8, 4) is 11.5 Å². The van der Waals surface area contributed by atoms with Gasteiger partial charge in [-0.05, 0) is 86.6 Å². The van der Waals surface area contributed by atoms with Gasteiger partial charge in [0, 0.05) is 16.9 Å². The number of benzene rings is 2. The molecule has 0 saturated heterocycles. The molecule has 4 rings (SSSR count). The number of rotatable bonds is 1. The normalized spacial score (nSPS) is 18.4. The van der Waals surface area contributed by atoms with Crippen LogP contribution in [-0.4, -0.2) is 15.8 Å². The van der Waals surface area contributed by atoms with Crippen LogP contribution in [0.4, 0.5) is 11.4 Å². The molecule has 114 valence electrons. The first kappa shape index (κ1) is 13.5. The third-order valence-electron chi connectivity index (χ3n) is 5.33. The zero-order chi connectivity index (χ0) is 15.5. The largest absolute Gasteiger partial charge is 0.508 e. The minimum absolute atomic E-state index is 0.236. The Labute approximate surface area is 130 Å². The molecule has 0 amide bonds. The number of phenols is 2. The molecule has 22 heavy (non-hydrogen) atoms. The summed E-state index contributed by atoms with van der Waals surface area (Å²) in [6.07, 6.45) is 4.59. The fraction of sp³-hybridized carbons (Fsp3) is 0.368. The number of phenolic OH excluding ortho intramolecular Hbond substituents is 2. The van der Waals surface area contributed by atoms with E-state index in [0.29, 0.717) is 11.5 Å². The maximum Gasteiger partial charge on any atom is 0.121 e. The second kappa shape index (κ2) is 4.42. The molecule has 1 aliphatic carbocycles. The lowest BCUT2D eigenvalue weighted by Gasteiger charge is -2.40. The van der Waals surface area contributed by atoms with E-state index in [1.54, 1.807) is 12.1 Å². The Hall–Kier alpha value is -2.16. The van der Waals surface area contributed by atoms with Crippen molar-refractivity contribution in [2.45, 2.75) is 45.1 Å². The van der Waals surface area contributed by atoms with Gasteiger partial charge in [-0.3, -0.25) is 0 Å². The summed E-state index contributed by atoms with van der Waals surface area (Å²) in [5.74, 6) is 0.722. The number of anilines is 2. The van der Waals surface area contributed by atoms with Crippen LogP contribution in [-0.2, 0) is 6.42 Å². The Morgan fingerprint density at radius 3 is 2.32 bits per heavy atom. The number of fused-ring (bicyclic) bond motifs is 1. The molecule has 1 heterocycles. The van der Waals surface area contributed by atoms with Gasteiger partial charge in [-0.2, -0.15) is 0 Å². The van der Waals surface area contributed by atoms with Crippen LogP contribution >= 0.6 is 0 Å². The number of hydrogen-bond acceptors (Lipinski definition) is 3. The number of nitrogens with zero attached hydrogens (tertiary/aromatic N) is 1. The molecule has 2 aliphatic rings. The molecule has 0 aromatic heterocycles. The van der Waals surface area contributed by atoms with E-state index < -0.39 is 0 Å². The molecule has 0 atom stereocenters. The van der Waals surface area contributed by atoms with E-state index in [-0.39, 0.29) is 5.54 Å². The van der Waals surface area contributed by atoms with Crippen LogP contribution in [0, 0.1) is 13.8 Å². The topological polar surface area (TPSA) is 43.7 Å². The van der Waals surface area contributed by atoms with Crippen LogP contribution in [0.15, 0.2) is 30.3 Å². The van der Waals surface area contributed by atoms with Crippen LogP contribution < -0.4 is 4.90 Å². The van der Waals surface area contributed by atoms with E-state index >= 15 is 0 Å². The molecule has 3 heteroatoms. The summed E-state index contributed by atoms with van der Waals surface area (Å²) >= 11 is 0. The van der Waals surface area contributed by atoms with Crippen LogP contribution in [0.3, 0.4) is 0 Å². The molecule has 2 aromatic rings. The Morgan fingerprint density at radius 1 is 1.00 bits per heavy atom. The molecule has 0 radical (unpaired) electrons. The maximum atomic E-state index is 10.2. The van der Waals surface area contributed by atoms with Crippen molar-refractivity contribution in [1.82, 2.24) is 0 Å². The Morgan fingerprint density at radius 2 is 1.68 bits per heavy atom. The smallest absolute Gasteiger partial charge is 0.121 e. The highest BCUT2D eigenvalue weighted by atomic mass is 16.3. The summed E-state index contributed by atoms with van der Waals surface area (Å²) in [7, 11) is 0. The molecule has 3 nitrogen and oxygen atoms in total. The average Bonchev–Trinajstić information content (AvgIpc) is 3.26. The summed E-state index contributed by atoms with van der Waals surface area (Å²) in [5, 5.41) is 19.8. The van der Waals surface area contributed by atoms with Gasteiger partial charge in [0.15, 0.2) is 0 Å². The van der Waals surface area contributed by atoms with Gasteiger partial charge in [0.1, 0.15) is 11.5 Å². The van der Waals surface area contributed by atoms with Crippen LogP contribution in [0.5, 0.6) is 11.5 Å². The van der Waals surface area contributed by atoms with Gasteiger partial charge >= 0.3 is 0 Å². The highest BCUT2D eigenvalue weighted by molar-refractivity contribution is 5.75. The minimum Gasteiger partial charge on any atom is -0.508 e. The molecule has 1 aliphatic heterocycles. The van der Waals surface area contributed by atoms with Gasteiger partial charge in [0.05, 0.1) is 0 Å². The summed E-state index contributed by atoms with van der Waals surface area (Å²) in [6, 6.07) is 9.59. The fourth-order valence-electron chi connectivity index (χ4n) is 3.86. The van der Waals surface area contributed by atoms with Gasteiger partial charge in [0.25, 0.3) is 0 Å². The van der Waals surface area contributed by atoms with Crippen molar-refractivity contribution in [2.75, 3.05) is 4.90 Å². The van der Waals surface area contributed by atoms with Crippen molar-refractivity contribution in [3.05, 3.63) is 47.0 Å². The molecule has 1 fully saturated rings. The lowest BCUT2D eigenvalue weighted by Crippen LogP contribution is -2.38. The third kappa shape index (κ3) is 1.81. The summed E-state index contributed by atoms with van der Waals surface area (Å²) < 4.78 is 0. The number of aryl methyl sites for hydroxylation is 1. The Bertz CT molecular complexity index is 745. The van der Waals surface area contributed by atoms with Gasteiger partial charge < -0.3 is 15.1 Å². The Kier molecular flexibility index (Phi) is 2.71. The van der Waals surface area contributed by atoms with E-state index in [4.69, 9.17) is 0 Å². The predicted octanol–water partition coefficient (Wildman–Crippen LogP) is 4.33. The lowest BCUT2D eigenvalue weighted by molar-refractivity contribution is 0.463. The molecule has 0 bridgehead atoms. The van der Waals surface area contributed by atoms with Crippen molar-refractivity contribution in [1.29, 1.82) is 0 Å². The second-order valence-corrected chi connectivity index (χ2v) is 6.74. The molecule has 1 spiro atoms. The highest BCUT2D eigenvalue weighted by Crippen LogP contribution is 2.56. The second-order valence-electron chi connectivity index (χ2n) is 6.74. The molecular formula is C19H21NO2. The summed E-state index contributed by atoms with van der Waals surface area (Å²) in [4.78, 5) is 2.44. The zero-order valence-corrected chi connectivity index (χ0v) is 13.1. The molecule has 2 aromatic carbocycles. The van der Waals surface area contributed by atoms with Crippen LogP contribution in [0.2, 0.25) is 0 Å². The van der Waals surface area contributed by atoms with Crippen molar-refractivity contribution in [3.63, 3.8) is 0 Å². The lowest BCUT2D eigenvalue weighted by atomic mass is 9.88. The van der Waals surface area contributed by atoms with Gasteiger partial charge in [-0.25, -0.2) is 0 Å². The van der Waals surface area contributed by atoms with E-state index in [1.165, 1.54) is 24.1 Å². The average molecular weight is 295 g/mol. The molecule has 1 saturated carbocycles. The van der Waals surface area contributed by atoms with E-state index in [2.05, 4.69) is 11.0 Å². The van der Waals surface area contributed by atoms with E-state index in [0.717, 1.165) is 29.7 Å². The SMILES string of the molecule is Cc1cc2c(c(C)c1O)CCC1(CC1)N2c1ccc(O)cc1. The van der Waals surface area contributed by atoms with Crippen LogP contribution in [0.1, 0.15) is 36.0 Å². The Balaban J connectivity index is 1.92. The standard InChI is InChI=1S/C19H21NO2/c1-12-11-17-16(13(2)18(12)22)7-8-19(9-10-19)20(17)14-3-5-15(21)6-4-14/h3-6,11,21-22H,7-10H2,1-2H3. The maximum absolute atomic E-state index is 10.2. The van der Waals surface area contributed by atoms with Crippen LogP contribution in [0.25, 0.3) is 0 Å². The zero-order valence-electron chi connectivity index (χ0n) is 13.1. The third-order valence-corrected chi connectivity index (χ3v) is 5.33. The molecule has 0 unspecified atom stereocenters. The number of aromatic hydroxyl groups is 2. The van der Waals surface area contributed by atoms with Gasteiger partial charge in [-0.1, -0.05) is 0 Å². The molecule has 2 N–H and O–H groups in total. The van der Waals surface area contributed by atoms with Crippen molar-refractivity contribution >= 4 is 11.4 Å². The van der Waals surface area contributed by atoms with E-state index in [1.807, 2.05) is 26.0 Å². The predicted molar refractivity (Wildman–Crippen MR) is 88.1 cm³/mol. The first-order valence-electron chi connectivity index (χ1n) is 7.93. The molecular weight excluding hydrogens is 274 g/mol. The fourth-order valence-corrected chi connectivity index (χ4v) is 3.86. The van der Waals surface area contributed by atoms with Crippen molar-refractivity contribution in [2.24, 2.45) is 0 Å². The quantitative estimate of drug-likeness (QED) is 0.823. The first-order valence-corrected chi connectivity index (χ1v) is 7.93. The first-order chi connectivity index (χ1) is 10.5. The van der Waals surface area contributed by atoms with E-state index in [9.17, 15) is 10.2 Å². The monoisotopic (exact) mass is 295 g/mol. The van der Waals surface area contributed by atoms with Crippen molar-refractivity contribution < 1.29 is 10.2 Å². The highest BCUT2D eigenvalue weighted by Gasteiger charge is 2.51. The summed E-state index contributed by atoms with van der Waals surface area (Å²) in [6.45, 7) is 3.98.